The van der Waals surface area contributed by atoms with Gasteiger partial charge in [-0.25, -0.2) is 9.78 Å². The van der Waals surface area contributed by atoms with E-state index in [0.29, 0.717) is 25.5 Å². The molecule has 0 saturated carbocycles. The van der Waals surface area contributed by atoms with E-state index < -0.39 is 5.97 Å². The van der Waals surface area contributed by atoms with Crippen molar-refractivity contribution in [1.82, 2.24) is 9.88 Å². The van der Waals surface area contributed by atoms with Gasteiger partial charge in [0.15, 0.2) is 5.69 Å². The van der Waals surface area contributed by atoms with Gasteiger partial charge in [-0.2, -0.15) is 0 Å². The number of carboxylic acid groups (broad SMARTS) is 1. The average molecular weight is 312 g/mol. The number of rotatable bonds is 7. The van der Waals surface area contributed by atoms with E-state index in [2.05, 4.69) is 9.88 Å². The highest BCUT2D eigenvalue weighted by atomic mass is 16.4. The SMILES string of the molecule is O=C(O)c1coc(CN(Cc2ccccc2)Cc2ccco2)n1. The minimum absolute atomic E-state index is 0.0855. The van der Waals surface area contributed by atoms with E-state index in [4.69, 9.17) is 13.9 Å². The third-order valence-electron chi connectivity index (χ3n) is 3.34. The van der Waals surface area contributed by atoms with Crippen molar-refractivity contribution in [3.63, 3.8) is 0 Å². The lowest BCUT2D eigenvalue weighted by Gasteiger charge is -2.19. The van der Waals surface area contributed by atoms with Crippen LogP contribution >= 0.6 is 0 Å². The summed E-state index contributed by atoms with van der Waals surface area (Å²) in [4.78, 5) is 17.0. The van der Waals surface area contributed by atoms with Crippen LogP contribution in [0.25, 0.3) is 0 Å². The Hall–Kier alpha value is -2.86. The molecule has 0 unspecified atom stereocenters. The van der Waals surface area contributed by atoms with E-state index in [-0.39, 0.29) is 5.69 Å². The zero-order chi connectivity index (χ0) is 16.1. The molecule has 0 saturated heterocycles. The molecule has 0 fully saturated rings. The zero-order valence-electron chi connectivity index (χ0n) is 12.4. The molecule has 23 heavy (non-hydrogen) atoms. The van der Waals surface area contributed by atoms with Gasteiger partial charge in [-0.3, -0.25) is 4.90 Å². The van der Waals surface area contributed by atoms with Crippen LogP contribution in [0.1, 0.15) is 27.7 Å². The summed E-state index contributed by atoms with van der Waals surface area (Å²) in [5.74, 6) is 0.0940. The van der Waals surface area contributed by atoms with E-state index in [0.717, 1.165) is 17.6 Å². The minimum Gasteiger partial charge on any atom is -0.476 e. The number of aromatic carboxylic acids is 1. The van der Waals surface area contributed by atoms with Crippen LogP contribution in [0.15, 0.2) is 63.8 Å². The van der Waals surface area contributed by atoms with Gasteiger partial charge >= 0.3 is 5.97 Å². The molecule has 0 atom stereocenters. The van der Waals surface area contributed by atoms with Gasteiger partial charge in [0.05, 0.1) is 19.4 Å². The van der Waals surface area contributed by atoms with E-state index in [9.17, 15) is 4.79 Å². The molecule has 3 aromatic rings. The van der Waals surface area contributed by atoms with E-state index in [1.54, 1.807) is 6.26 Å². The van der Waals surface area contributed by atoms with E-state index >= 15 is 0 Å². The number of benzene rings is 1. The summed E-state index contributed by atoms with van der Waals surface area (Å²) in [5, 5.41) is 8.92. The molecular weight excluding hydrogens is 296 g/mol. The number of furan rings is 1. The molecule has 6 nitrogen and oxygen atoms in total. The third-order valence-corrected chi connectivity index (χ3v) is 3.34. The lowest BCUT2D eigenvalue weighted by molar-refractivity contribution is 0.0690. The number of carbonyl (C=O) groups is 1. The maximum atomic E-state index is 10.9. The fourth-order valence-electron chi connectivity index (χ4n) is 2.31. The Morgan fingerprint density at radius 3 is 2.52 bits per heavy atom. The first-order valence-corrected chi connectivity index (χ1v) is 7.17. The van der Waals surface area contributed by atoms with Gasteiger partial charge in [-0.1, -0.05) is 30.3 Å². The topological polar surface area (TPSA) is 79.7 Å². The van der Waals surface area contributed by atoms with Crippen LogP contribution < -0.4 is 0 Å². The monoisotopic (exact) mass is 312 g/mol. The molecule has 0 bridgehead atoms. The number of aromatic nitrogens is 1. The Kier molecular flexibility index (Phi) is 4.54. The molecule has 3 rings (SSSR count). The van der Waals surface area contributed by atoms with Crippen molar-refractivity contribution in [1.29, 1.82) is 0 Å². The molecule has 0 spiro atoms. The van der Waals surface area contributed by atoms with Crippen LogP contribution in [0.3, 0.4) is 0 Å². The molecule has 2 heterocycles. The third kappa shape index (κ3) is 4.08. The fourth-order valence-corrected chi connectivity index (χ4v) is 2.31. The second kappa shape index (κ2) is 6.93. The summed E-state index contributed by atoms with van der Waals surface area (Å²) >= 11 is 0. The minimum atomic E-state index is -1.10. The van der Waals surface area contributed by atoms with Crippen molar-refractivity contribution in [2.75, 3.05) is 0 Å². The quantitative estimate of drug-likeness (QED) is 0.722. The Morgan fingerprint density at radius 2 is 1.87 bits per heavy atom. The summed E-state index contributed by atoms with van der Waals surface area (Å²) in [6, 6.07) is 13.7. The van der Waals surface area contributed by atoms with Crippen molar-refractivity contribution < 1.29 is 18.7 Å². The first-order chi connectivity index (χ1) is 11.2. The molecule has 0 aliphatic rings. The Balaban J connectivity index is 1.74. The van der Waals surface area contributed by atoms with Crippen LogP contribution in [0.5, 0.6) is 0 Å². The summed E-state index contributed by atoms with van der Waals surface area (Å²) < 4.78 is 10.6. The maximum Gasteiger partial charge on any atom is 0.357 e. The average Bonchev–Trinajstić information content (AvgIpc) is 3.20. The molecule has 0 radical (unpaired) electrons. The van der Waals surface area contributed by atoms with Crippen molar-refractivity contribution in [2.24, 2.45) is 0 Å². The molecule has 1 N–H and O–H groups in total. The lowest BCUT2D eigenvalue weighted by atomic mass is 10.2. The van der Waals surface area contributed by atoms with Crippen molar-refractivity contribution >= 4 is 5.97 Å². The molecule has 0 amide bonds. The second-order valence-electron chi connectivity index (χ2n) is 5.14. The Morgan fingerprint density at radius 1 is 1.04 bits per heavy atom. The second-order valence-corrected chi connectivity index (χ2v) is 5.14. The molecule has 0 aliphatic carbocycles. The Bertz CT molecular complexity index is 750. The van der Waals surface area contributed by atoms with Crippen molar-refractivity contribution in [3.05, 3.63) is 77.9 Å². The Labute approximate surface area is 133 Å². The zero-order valence-corrected chi connectivity index (χ0v) is 12.4. The molecule has 2 aromatic heterocycles. The first kappa shape index (κ1) is 15.1. The van der Waals surface area contributed by atoms with Crippen LogP contribution in [0, 0.1) is 0 Å². The first-order valence-electron chi connectivity index (χ1n) is 7.17. The lowest BCUT2D eigenvalue weighted by Crippen LogP contribution is -2.22. The number of hydrogen-bond acceptors (Lipinski definition) is 5. The van der Waals surface area contributed by atoms with Gasteiger partial charge in [-0.15, -0.1) is 0 Å². The van der Waals surface area contributed by atoms with Gasteiger partial charge in [0.25, 0.3) is 0 Å². The van der Waals surface area contributed by atoms with Gasteiger partial charge in [0.2, 0.25) is 5.89 Å². The molecule has 6 heteroatoms. The van der Waals surface area contributed by atoms with Crippen molar-refractivity contribution in [2.45, 2.75) is 19.6 Å². The van der Waals surface area contributed by atoms with Crippen LogP contribution in [0.2, 0.25) is 0 Å². The van der Waals surface area contributed by atoms with Crippen LogP contribution in [0.4, 0.5) is 0 Å². The summed E-state index contributed by atoms with van der Waals surface area (Å²) in [5.41, 5.74) is 1.06. The highest BCUT2D eigenvalue weighted by Crippen LogP contribution is 2.14. The van der Waals surface area contributed by atoms with Gasteiger partial charge in [-0.05, 0) is 17.7 Å². The van der Waals surface area contributed by atoms with Crippen LogP contribution in [-0.2, 0) is 19.6 Å². The number of oxazole rings is 1. The predicted molar refractivity (Wildman–Crippen MR) is 81.6 cm³/mol. The van der Waals surface area contributed by atoms with Gasteiger partial charge in [0, 0.05) is 6.54 Å². The largest absolute Gasteiger partial charge is 0.476 e. The molecule has 0 aliphatic heterocycles. The normalized spacial score (nSPS) is 11.0. The standard InChI is InChI=1S/C17H16N2O4/c20-17(21)15-12-23-16(18-15)11-19(10-14-7-4-8-22-14)9-13-5-2-1-3-6-13/h1-8,12H,9-11H2,(H,20,21). The maximum absolute atomic E-state index is 10.9. The molecule has 118 valence electrons. The smallest absolute Gasteiger partial charge is 0.357 e. The highest BCUT2D eigenvalue weighted by Gasteiger charge is 2.15. The van der Waals surface area contributed by atoms with E-state index in [1.807, 2.05) is 42.5 Å². The predicted octanol–water partition coefficient (Wildman–Crippen LogP) is 3.17. The van der Waals surface area contributed by atoms with E-state index in [1.165, 1.54) is 0 Å². The molecule has 1 aromatic carbocycles. The van der Waals surface area contributed by atoms with Gasteiger partial charge < -0.3 is 13.9 Å². The van der Waals surface area contributed by atoms with Crippen molar-refractivity contribution in [3.8, 4) is 0 Å². The van der Waals surface area contributed by atoms with Gasteiger partial charge in [0.1, 0.15) is 12.0 Å². The van der Waals surface area contributed by atoms with Crippen LogP contribution in [-0.4, -0.2) is 21.0 Å². The summed E-state index contributed by atoms with van der Waals surface area (Å²) in [6.45, 7) is 1.64. The highest BCUT2D eigenvalue weighted by molar-refractivity contribution is 5.84. The number of carboxylic acids is 1. The molecular formula is C17H16N2O4. The number of nitrogens with zero attached hydrogens (tertiary/aromatic N) is 2. The fraction of sp³-hybridized carbons (Fsp3) is 0.176. The number of hydrogen-bond donors (Lipinski definition) is 1. The summed E-state index contributed by atoms with van der Waals surface area (Å²) in [6.07, 6.45) is 2.79. The summed E-state index contributed by atoms with van der Waals surface area (Å²) in [7, 11) is 0.